The van der Waals surface area contributed by atoms with Gasteiger partial charge in [-0.1, -0.05) is 0 Å². The van der Waals surface area contributed by atoms with E-state index in [2.05, 4.69) is 15.4 Å². The van der Waals surface area contributed by atoms with Gasteiger partial charge in [-0.2, -0.15) is 5.10 Å². The molecule has 7 heteroatoms. The summed E-state index contributed by atoms with van der Waals surface area (Å²) in [5.74, 6) is -1.46. The number of anilines is 1. The number of hydrogen-bond donors (Lipinski definition) is 2. The van der Waals surface area contributed by atoms with Crippen molar-refractivity contribution in [3.05, 3.63) is 41.5 Å². The zero-order valence-electron chi connectivity index (χ0n) is 11.8. The fraction of sp³-hybridized carbons (Fsp3) is 0.286. The van der Waals surface area contributed by atoms with Gasteiger partial charge in [0.1, 0.15) is 0 Å². The predicted octanol–water partition coefficient (Wildman–Crippen LogP) is 1.62. The lowest BCUT2D eigenvalue weighted by molar-refractivity contribution is -0.116. The van der Waals surface area contributed by atoms with Crippen LogP contribution < -0.4 is 5.32 Å². The van der Waals surface area contributed by atoms with E-state index in [9.17, 15) is 9.59 Å². The topological polar surface area (TPSA) is 97.1 Å². The lowest BCUT2D eigenvalue weighted by atomic mass is 10.2. The minimum Gasteiger partial charge on any atom is -0.476 e. The van der Waals surface area contributed by atoms with Gasteiger partial charge in [0, 0.05) is 24.9 Å². The van der Waals surface area contributed by atoms with Gasteiger partial charge in [-0.15, -0.1) is 0 Å². The van der Waals surface area contributed by atoms with Gasteiger partial charge in [0.25, 0.3) is 0 Å². The summed E-state index contributed by atoms with van der Waals surface area (Å²) in [5, 5.41) is 15.8. The van der Waals surface area contributed by atoms with Crippen molar-refractivity contribution in [3.8, 4) is 0 Å². The summed E-state index contributed by atoms with van der Waals surface area (Å²) in [7, 11) is 0. The first-order valence-corrected chi connectivity index (χ1v) is 6.46. The summed E-state index contributed by atoms with van der Waals surface area (Å²) < 4.78 is 1.75. The average Bonchev–Trinajstić information content (AvgIpc) is 2.75. The number of amides is 1. The Morgan fingerprint density at radius 1 is 1.38 bits per heavy atom. The molecule has 0 aliphatic rings. The third-order valence-electron chi connectivity index (χ3n) is 2.94. The number of carbonyl (C=O) groups is 2. The van der Waals surface area contributed by atoms with Crippen LogP contribution >= 0.6 is 0 Å². The Hall–Kier alpha value is -2.70. The molecule has 0 aliphatic carbocycles. The molecule has 0 saturated heterocycles. The number of aryl methyl sites for hydroxylation is 3. The van der Waals surface area contributed by atoms with E-state index in [0.717, 1.165) is 11.4 Å². The largest absolute Gasteiger partial charge is 0.476 e. The summed E-state index contributed by atoms with van der Waals surface area (Å²) in [6.45, 7) is 4.24. The van der Waals surface area contributed by atoms with Crippen LogP contribution in [0.2, 0.25) is 0 Å². The third-order valence-corrected chi connectivity index (χ3v) is 2.94. The van der Waals surface area contributed by atoms with E-state index in [1.165, 1.54) is 12.3 Å². The lowest BCUT2D eigenvalue weighted by Gasteiger charge is -2.08. The molecule has 0 fully saturated rings. The average molecular weight is 288 g/mol. The Morgan fingerprint density at radius 2 is 2.14 bits per heavy atom. The molecule has 0 spiro atoms. The number of carboxylic acids is 1. The zero-order chi connectivity index (χ0) is 15.4. The second-order valence-electron chi connectivity index (χ2n) is 4.65. The maximum absolute atomic E-state index is 11.9. The molecule has 7 nitrogen and oxygen atoms in total. The van der Waals surface area contributed by atoms with Crippen LogP contribution in [0.4, 0.5) is 5.69 Å². The van der Waals surface area contributed by atoms with Gasteiger partial charge in [0.2, 0.25) is 5.91 Å². The molecule has 2 aromatic rings. The summed E-state index contributed by atoms with van der Waals surface area (Å²) in [5.41, 5.74) is 1.90. The highest BCUT2D eigenvalue weighted by Gasteiger charge is 2.13. The molecular formula is C14H16N4O3. The van der Waals surface area contributed by atoms with Crippen molar-refractivity contribution in [1.29, 1.82) is 0 Å². The molecule has 110 valence electrons. The highest BCUT2D eigenvalue weighted by atomic mass is 16.4. The van der Waals surface area contributed by atoms with Crippen LogP contribution in [-0.4, -0.2) is 31.7 Å². The van der Waals surface area contributed by atoms with Crippen molar-refractivity contribution in [2.24, 2.45) is 0 Å². The number of nitrogens with zero attached hydrogens (tertiary/aromatic N) is 3. The standard InChI is InChI=1S/C14H16N4O3/c1-9-8-10(2)18(17-9)7-5-12(19)16-11-4-3-6-15-13(11)14(20)21/h3-4,6,8H,5,7H2,1-2H3,(H,16,19)(H,20,21). The number of pyridine rings is 1. The van der Waals surface area contributed by atoms with Gasteiger partial charge in [-0.3, -0.25) is 9.48 Å². The molecule has 2 N–H and O–H groups in total. The highest BCUT2D eigenvalue weighted by molar-refractivity contribution is 5.98. The Kier molecular flexibility index (Phi) is 4.32. The number of nitrogens with one attached hydrogen (secondary N) is 1. The number of carboxylic acid groups (broad SMARTS) is 1. The quantitative estimate of drug-likeness (QED) is 0.871. The van der Waals surface area contributed by atoms with Crippen LogP contribution in [0, 0.1) is 13.8 Å². The number of aromatic carboxylic acids is 1. The van der Waals surface area contributed by atoms with Crippen molar-refractivity contribution < 1.29 is 14.7 Å². The van der Waals surface area contributed by atoms with Crippen molar-refractivity contribution in [3.63, 3.8) is 0 Å². The zero-order valence-corrected chi connectivity index (χ0v) is 11.8. The van der Waals surface area contributed by atoms with E-state index < -0.39 is 5.97 Å². The predicted molar refractivity (Wildman–Crippen MR) is 76.1 cm³/mol. The molecule has 2 rings (SSSR count). The Bertz CT molecular complexity index is 679. The summed E-state index contributed by atoms with van der Waals surface area (Å²) in [4.78, 5) is 26.6. The van der Waals surface area contributed by atoms with Gasteiger partial charge < -0.3 is 10.4 Å². The van der Waals surface area contributed by atoms with Crippen LogP contribution in [0.5, 0.6) is 0 Å². The van der Waals surface area contributed by atoms with Crippen LogP contribution in [0.1, 0.15) is 28.3 Å². The van der Waals surface area contributed by atoms with Gasteiger partial charge in [0.15, 0.2) is 5.69 Å². The molecule has 0 atom stereocenters. The SMILES string of the molecule is Cc1cc(C)n(CCC(=O)Nc2cccnc2C(=O)O)n1. The molecular weight excluding hydrogens is 272 g/mol. The van der Waals surface area contributed by atoms with Crippen LogP contribution in [0.25, 0.3) is 0 Å². The maximum atomic E-state index is 11.9. The first-order valence-electron chi connectivity index (χ1n) is 6.46. The Balaban J connectivity index is 1.99. The molecule has 0 aliphatic heterocycles. The number of aromatic nitrogens is 3. The molecule has 0 radical (unpaired) electrons. The van der Waals surface area contributed by atoms with Gasteiger partial charge in [-0.05, 0) is 32.0 Å². The van der Waals surface area contributed by atoms with Crippen molar-refractivity contribution >= 4 is 17.6 Å². The van der Waals surface area contributed by atoms with E-state index in [4.69, 9.17) is 5.11 Å². The molecule has 0 bridgehead atoms. The van der Waals surface area contributed by atoms with Gasteiger partial charge in [0.05, 0.1) is 11.4 Å². The van der Waals surface area contributed by atoms with Crippen molar-refractivity contribution in [2.45, 2.75) is 26.8 Å². The first kappa shape index (κ1) is 14.7. The molecule has 2 aromatic heterocycles. The second kappa shape index (κ2) is 6.17. The second-order valence-corrected chi connectivity index (χ2v) is 4.65. The maximum Gasteiger partial charge on any atom is 0.356 e. The van der Waals surface area contributed by atoms with Crippen LogP contribution in [-0.2, 0) is 11.3 Å². The van der Waals surface area contributed by atoms with Crippen molar-refractivity contribution in [1.82, 2.24) is 14.8 Å². The smallest absolute Gasteiger partial charge is 0.356 e. The summed E-state index contributed by atoms with van der Waals surface area (Å²) in [6.07, 6.45) is 1.57. The number of rotatable bonds is 5. The van der Waals surface area contributed by atoms with E-state index >= 15 is 0 Å². The number of hydrogen-bond acceptors (Lipinski definition) is 4. The molecule has 21 heavy (non-hydrogen) atoms. The van der Waals surface area contributed by atoms with E-state index in [-0.39, 0.29) is 23.7 Å². The van der Waals surface area contributed by atoms with Crippen molar-refractivity contribution in [2.75, 3.05) is 5.32 Å². The van der Waals surface area contributed by atoms with E-state index in [0.29, 0.717) is 6.54 Å². The molecule has 0 unspecified atom stereocenters. The van der Waals surface area contributed by atoms with E-state index in [1.54, 1.807) is 10.7 Å². The monoisotopic (exact) mass is 288 g/mol. The number of carbonyl (C=O) groups excluding carboxylic acids is 1. The molecule has 0 aromatic carbocycles. The highest BCUT2D eigenvalue weighted by Crippen LogP contribution is 2.12. The van der Waals surface area contributed by atoms with Gasteiger partial charge in [-0.25, -0.2) is 9.78 Å². The fourth-order valence-electron chi connectivity index (χ4n) is 2.00. The van der Waals surface area contributed by atoms with Crippen LogP contribution in [0.3, 0.4) is 0 Å². The summed E-state index contributed by atoms with van der Waals surface area (Å²) in [6, 6.07) is 5.02. The minimum atomic E-state index is -1.18. The Morgan fingerprint density at radius 3 is 2.76 bits per heavy atom. The lowest BCUT2D eigenvalue weighted by Crippen LogP contribution is -2.18. The molecule has 2 heterocycles. The first-order chi connectivity index (χ1) is 9.97. The third kappa shape index (κ3) is 3.65. The summed E-state index contributed by atoms with van der Waals surface area (Å²) >= 11 is 0. The fourth-order valence-corrected chi connectivity index (χ4v) is 2.00. The molecule has 0 saturated carbocycles. The Labute approximate surface area is 121 Å². The van der Waals surface area contributed by atoms with Crippen LogP contribution in [0.15, 0.2) is 24.4 Å². The normalized spacial score (nSPS) is 10.4. The minimum absolute atomic E-state index is 0.169. The van der Waals surface area contributed by atoms with E-state index in [1.807, 2.05) is 19.9 Å². The molecule has 1 amide bonds. The van der Waals surface area contributed by atoms with Gasteiger partial charge >= 0.3 is 5.97 Å².